The van der Waals surface area contributed by atoms with Crippen LogP contribution in [0.3, 0.4) is 0 Å². The summed E-state index contributed by atoms with van der Waals surface area (Å²) in [5.41, 5.74) is 3.71. The lowest BCUT2D eigenvalue weighted by molar-refractivity contribution is 0.279. The molecule has 3 rings (SSSR count). The largest absolute Gasteiger partial charge is 0.493 e. The third-order valence-corrected chi connectivity index (χ3v) is 4.39. The highest BCUT2D eigenvalue weighted by molar-refractivity contribution is 6.30. The van der Waals surface area contributed by atoms with Crippen molar-refractivity contribution in [2.45, 2.75) is 6.42 Å². The van der Waals surface area contributed by atoms with Crippen molar-refractivity contribution in [1.29, 1.82) is 0 Å². The Balaban J connectivity index is 0.00000208. The van der Waals surface area contributed by atoms with Gasteiger partial charge in [0, 0.05) is 23.0 Å². The van der Waals surface area contributed by atoms with E-state index in [9.17, 15) is 0 Å². The van der Waals surface area contributed by atoms with Gasteiger partial charge in [0.25, 0.3) is 0 Å². The van der Waals surface area contributed by atoms with Crippen LogP contribution in [0.2, 0.25) is 5.02 Å². The number of hydrogen-bond acceptors (Lipinski definition) is 2. The van der Waals surface area contributed by atoms with Gasteiger partial charge in [0.2, 0.25) is 0 Å². The Morgan fingerprint density at radius 2 is 1.83 bits per heavy atom. The summed E-state index contributed by atoms with van der Waals surface area (Å²) in [6.45, 7) is 1.77. The van der Waals surface area contributed by atoms with Crippen molar-refractivity contribution in [2.24, 2.45) is 5.92 Å². The molecule has 0 aromatic heterocycles. The minimum Gasteiger partial charge on any atom is -0.493 e. The summed E-state index contributed by atoms with van der Waals surface area (Å²) in [5, 5.41) is 0.765. The van der Waals surface area contributed by atoms with Crippen molar-refractivity contribution in [3.63, 3.8) is 0 Å². The summed E-state index contributed by atoms with van der Waals surface area (Å²) in [5.74, 6) is 1.43. The van der Waals surface area contributed by atoms with Gasteiger partial charge in [0.05, 0.1) is 6.61 Å². The van der Waals surface area contributed by atoms with Gasteiger partial charge in [0.1, 0.15) is 5.75 Å². The van der Waals surface area contributed by atoms with Crippen LogP contribution in [0.5, 0.6) is 5.75 Å². The van der Waals surface area contributed by atoms with Crippen LogP contribution in [0, 0.1) is 5.92 Å². The number of benzene rings is 2. The van der Waals surface area contributed by atoms with Gasteiger partial charge >= 0.3 is 0 Å². The Hall–Kier alpha value is -1.48. The van der Waals surface area contributed by atoms with Gasteiger partial charge in [-0.2, -0.15) is 0 Å². The SMILES string of the molecule is CN(C)CC1CCOc2ccccc2/C1=C\c1ccc(Cl)cc1.Cl. The molecule has 128 valence electrons. The predicted octanol–water partition coefficient (Wildman–Crippen LogP) is 5.26. The molecule has 24 heavy (non-hydrogen) atoms. The molecule has 0 amide bonds. The summed E-state index contributed by atoms with van der Waals surface area (Å²) < 4.78 is 5.97. The molecule has 1 unspecified atom stereocenters. The highest BCUT2D eigenvalue weighted by Gasteiger charge is 2.23. The van der Waals surface area contributed by atoms with Crippen LogP contribution >= 0.6 is 24.0 Å². The average Bonchev–Trinajstić information content (AvgIpc) is 2.69. The molecule has 0 bridgehead atoms. The Morgan fingerprint density at radius 3 is 2.54 bits per heavy atom. The Kier molecular flexibility index (Phi) is 6.73. The molecule has 2 aromatic rings. The monoisotopic (exact) mass is 363 g/mol. The molecule has 0 fully saturated rings. The van der Waals surface area contributed by atoms with Crippen molar-refractivity contribution in [1.82, 2.24) is 4.90 Å². The number of halogens is 2. The molecule has 0 saturated heterocycles. The zero-order valence-corrected chi connectivity index (χ0v) is 15.6. The van der Waals surface area contributed by atoms with E-state index in [1.165, 1.54) is 16.7 Å². The van der Waals surface area contributed by atoms with Crippen LogP contribution in [-0.4, -0.2) is 32.1 Å². The first-order valence-electron chi connectivity index (χ1n) is 7.97. The molecule has 1 aliphatic heterocycles. The summed E-state index contributed by atoms with van der Waals surface area (Å²) in [4.78, 5) is 2.24. The van der Waals surface area contributed by atoms with Gasteiger partial charge in [-0.15, -0.1) is 12.4 Å². The van der Waals surface area contributed by atoms with Crippen LogP contribution < -0.4 is 4.74 Å². The van der Waals surface area contributed by atoms with Gasteiger partial charge < -0.3 is 9.64 Å². The van der Waals surface area contributed by atoms with Gasteiger partial charge in [-0.1, -0.05) is 48.0 Å². The maximum Gasteiger partial charge on any atom is 0.126 e. The second-order valence-corrected chi connectivity index (χ2v) is 6.68. The van der Waals surface area contributed by atoms with Crippen LogP contribution in [0.15, 0.2) is 48.5 Å². The van der Waals surface area contributed by atoms with Crippen molar-refractivity contribution < 1.29 is 4.74 Å². The van der Waals surface area contributed by atoms with Gasteiger partial charge in [0.15, 0.2) is 0 Å². The maximum absolute atomic E-state index is 6.01. The third-order valence-electron chi connectivity index (χ3n) is 4.14. The zero-order valence-electron chi connectivity index (χ0n) is 14.0. The Morgan fingerprint density at radius 1 is 1.12 bits per heavy atom. The van der Waals surface area contributed by atoms with E-state index in [2.05, 4.69) is 55.4 Å². The van der Waals surface area contributed by atoms with Crippen LogP contribution in [0.25, 0.3) is 11.6 Å². The molecule has 0 spiro atoms. The fourth-order valence-electron chi connectivity index (χ4n) is 3.08. The lowest BCUT2D eigenvalue weighted by Crippen LogP contribution is -2.23. The Bertz CT molecular complexity index is 695. The van der Waals surface area contributed by atoms with Crippen molar-refractivity contribution in [3.8, 4) is 5.75 Å². The van der Waals surface area contributed by atoms with Gasteiger partial charge in [-0.3, -0.25) is 0 Å². The van der Waals surface area contributed by atoms with E-state index >= 15 is 0 Å². The summed E-state index contributed by atoms with van der Waals surface area (Å²) in [6.07, 6.45) is 3.30. The number of para-hydroxylation sites is 1. The smallest absolute Gasteiger partial charge is 0.126 e. The quantitative estimate of drug-likeness (QED) is 0.736. The van der Waals surface area contributed by atoms with Gasteiger partial charge in [-0.25, -0.2) is 0 Å². The maximum atomic E-state index is 6.01. The zero-order chi connectivity index (χ0) is 16.2. The van der Waals surface area contributed by atoms with E-state index in [0.29, 0.717) is 5.92 Å². The van der Waals surface area contributed by atoms with Crippen LogP contribution in [-0.2, 0) is 0 Å². The predicted molar refractivity (Wildman–Crippen MR) is 105 cm³/mol. The second-order valence-electron chi connectivity index (χ2n) is 6.24. The molecule has 0 aliphatic carbocycles. The molecule has 2 aromatic carbocycles. The lowest BCUT2D eigenvalue weighted by atomic mass is 9.88. The van der Waals surface area contributed by atoms with E-state index in [1.807, 2.05) is 18.2 Å². The molecule has 0 radical (unpaired) electrons. The van der Waals surface area contributed by atoms with E-state index in [1.54, 1.807) is 0 Å². The van der Waals surface area contributed by atoms with Crippen LogP contribution in [0.4, 0.5) is 0 Å². The normalized spacial score (nSPS) is 18.5. The fourth-order valence-corrected chi connectivity index (χ4v) is 3.21. The van der Waals surface area contributed by atoms with Crippen LogP contribution in [0.1, 0.15) is 17.5 Å². The van der Waals surface area contributed by atoms with Crippen molar-refractivity contribution >= 4 is 35.7 Å². The van der Waals surface area contributed by atoms with E-state index in [4.69, 9.17) is 16.3 Å². The van der Waals surface area contributed by atoms with E-state index in [0.717, 1.165) is 30.3 Å². The minimum absolute atomic E-state index is 0. The molecule has 4 heteroatoms. The number of ether oxygens (including phenoxy) is 1. The molecular formula is C20H23Cl2NO. The minimum atomic E-state index is 0. The topological polar surface area (TPSA) is 12.5 Å². The fraction of sp³-hybridized carbons (Fsp3) is 0.300. The first-order chi connectivity index (χ1) is 11.1. The summed E-state index contributed by atoms with van der Waals surface area (Å²) >= 11 is 6.01. The lowest BCUT2D eigenvalue weighted by Gasteiger charge is -2.22. The van der Waals surface area contributed by atoms with Gasteiger partial charge in [-0.05, 0) is 49.9 Å². The molecule has 1 atom stereocenters. The molecule has 2 nitrogen and oxygen atoms in total. The summed E-state index contributed by atoms with van der Waals surface area (Å²) in [7, 11) is 4.25. The number of nitrogens with zero attached hydrogens (tertiary/aromatic N) is 1. The number of rotatable bonds is 3. The average molecular weight is 364 g/mol. The summed E-state index contributed by atoms with van der Waals surface area (Å²) in [6, 6.07) is 16.3. The van der Waals surface area contributed by atoms with E-state index < -0.39 is 0 Å². The molecule has 1 heterocycles. The second kappa shape index (κ2) is 8.57. The molecule has 1 aliphatic rings. The number of fused-ring (bicyclic) bond motifs is 1. The molecule has 0 saturated carbocycles. The molecule has 0 N–H and O–H groups in total. The standard InChI is InChI=1S/C20H22ClNO.ClH/c1-22(2)14-16-11-12-23-20-6-4-3-5-18(20)19(16)13-15-7-9-17(21)10-8-15;/h3-10,13,16H,11-12,14H2,1-2H3;1H/b19-13-;. The van der Waals surface area contributed by atoms with Crippen molar-refractivity contribution in [3.05, 3.63) is 64.7 Å². The highest BCUT2D eigenvalue weighted by atomic mass is 35.5. The first-order valence-corrected chi connectivity index (χ1v) is 8.35. The molecular weight excluding hydrogens is 341 g/mol. The number of hydrogen-bond donors (Lipinski definition) is 0. The Labute approximate surface area is 155 Å². The highest BCUT2D eigenvalue weighted by Crippen LogP contribution is 2.37. The first kappa shape index (κ1) is 18.9. The van der Waals surface area contributed by atoms with Crippen molar-refractivity contribution in [2.75, 3.05) is 27.2 Å². The van der Waals surface area contributed by atoms with E-state index in [-0.39, 0.29) is 12.4 Å². The third kappa shape index (κ3) is 4.54.